The van der Waals surface area contributed by atoms with Crippen LogP contribution in [0.15, 0.2) is 28.9 Å². The number of halogens is 1. The molecule has 1 heterocycles. The van der Waals surface area contributed by atoms with Crippen LogP contribution in [0.4, 0.5) is 0 Å². The Morgan fingerprint density at radius 2 is 2.18 bits per heavy atom. The first-order valence-corrected chi connectivity index (χ1v) is 5.57. The monoisotopic (exact) mass is 296 g/mol. The first-order chi connectivity index (χ1) is 7.99. The summed E-state index contributed by atoms with van der Waals surface area (Å²) in [4.78, 5) is 10.8. The summed E-state index contributed by atoms with van der Waals surface area (Å²) in [6.45, 7) is 1.91. The zero-order chi connectivity index (χ0) is 12.6. The van der Waals surface area contributed by atoms with Crippen molar-refractivity contribution >= 4 is 21.9 Å². The average Bonchev–Trinajstić information content (AvgIpc) is 2.64. The van der Waals surface area contributed by atoms with Crippen molar-refractivity contribution in [3.8, 4) is 11.4 Å². The van der Waals surface area contributed by atoms with Gasteiger partial charge in [0.15, 0.2) is 5.75 Å². The molecule has 0 fully saturated rings. The van der Waals surface area contributed by atoms with Crippen LogP contribution in [0.25, 0.3) is 5.69 Å². The summed E-state index contributed by atoms with van der Waals surface area (Å²) in [7, 11) is 0. The fraction of sp³-hybridized carbons (Fsp3) is 0.0909. The van der Waals surface area contributed by atoms with Crippen LogP contribution in [-0.2, 0) is 0 Å². The minimum Gasteiger partial charge on any atom is -0.504 e. The Kier molecular flexibility index (Phi) is 2.89. The molecular formula is C11H9BrN2O3. The number of carboxylic acid groups (broad SMARTS) is 1. The number of aryl methyl sites for hydroxylation is 1. The number of aromatic hydroxyl groups is 1. The van der Waals surface area contributed by atoms with Crippen LogP contribution < -0.4 is 0 Å². The number of aromatic nitrogens is 2. The summed E-state index contributed by atoms with van der Waals surface area (Å²) < 4.78 is 2.10. The second-order valence-corrected chi connectivity index (χ2v) is 4.42. The third-order valence-corrected chi connectivity index (χ3v) is 2.92. The second kappa shape index (κ2) is 4.21. The molecule has 5 nitrogen and oxygen atoms in total. The van der Waals surface area contributed by atoms with Gasteiger partial charge in [-0.1, -0.05) is 6.07 Å². The van der Waals surface area contributed by atoms with Crippen LogP contribution in [0.2, 0.25) is 0 Å². The lowest BCUT2D eigenvalue weighted by atomic mass is 10.2. The third kappa shape index (κ3) is 2.16. The Labute approximate surface area is 105 Å². The van der Waals surface area contributed by atoms with Crippen molar-refractivity contribution < 1.29 is 15.0 Å². The summed E-state index contributed by atoms with van der Waals surface area (Å²) in [5.74, 6) is -1.61. The van der Waals surface area contributed by atoms with E-state index in [9.17, 15) is 9.90 Å². The molecule has 2 N–H and O–H groups in total. The van der Waals surface area contributed by atoms with Gasteiger partial charge >= 0.3 is 5.97 Å². The van der Waals surface area contributed by atoms with Gasteiger partial charge in [-0.2, -0.15) is 5.10 Å². The number of carboxylic acids is 1. The number of nitrogens with zero attached hydrogens (tertiary/aromatic N) is 2. The lowest BCUT2D eigenvalue weighted by Gasteiger charge is -2.04. The van der Waals surface area contributed by atoms with E-state index in [1.807, 2.05) is 25.1 Å². The van der Waals surface area contributed by atoms with E-state index in [0.717, 1.165) is 10.0 Å². The van der Waals surface area contributed by atoms with Gasteiger partial charge in [-0.15, -0.1) is 0 Å². The highest BCUT2D eigenvalue weighted by molar-refractivity contribution is 9.10. The Balaban J connectivity index is 2.57. The molecule has 0 aliphatic carbocycles. The second-order valence-electron chi connectivity index (χ2n) is 3.57. The van der Waals surface area contributed by atoms with Crippen molar-refractivity contribution in [1.29, 1.82) is 0 Å². The fourth-order valence-electron chi connectivity index (χ4n) is 1.44. The van der Waals surface area contributed by atoms with E-state index in [1.165, 1.54) is 10.9 Å². The predicted molar refractivity (Wildman–Crippen MR) is 64.6 cm³/mol. The minimum absolute atomic E-state index is 0.356. The zero-order valence-corrected chi connectivity index (χ0v) is 10.5. The third-order valence-electron chi connectivity index (χ3n) is 2.25. The summed E-state index contributed by atoms with van der Waals surface area (Å²) in [5, 5.41) is 22.1. The molecule has 0 saturated heterocycles. The Morgan fingerprint density at radius 3 is 2.76 bits per heavy atom. The van der Waals surface area contributed by atoms with Crippen LogP contribution >= 0.6 is 15.9 Å². The maximum atomic E-state index is 10.8. The molecule has 88 valence electrons. The predicted octanol–water partition coefficient (Wildman–Crippen LogP) is 2.35. The van der Waals surface area contributed by atoms with E-state index < -0.39 is 5.97 Å². The highest BCUT2D eigenvalue weighted by Crippen LogP contribution is 2.24. The van der Waals surface area contributed by atoms with Crippen molar-refractivity contribution in [2.75, 3.05) is 0 Å². The standard InChI is InChI=1S/C11H9BrN2O3/c1-6-2-3-7(12)8(4-6)14-5-9(15)10(13-14)11(16)17/h2-5,15H,1H3,(H,16,17). The smallest absolute Gasteiger partial charge is 0.360 e. The molecule has 1 aromatic heterocycles. The quantitative estimate of drug-likeness (QED) is 0.892. The van der Waals surface area contributed by atoms with Crippen molar-refractivity contribution in [1.82, 2.24) is 9.78 Å². The van der Waals surface area contributed by atoms with Crippen molar-refractivity contribution in [2.24, 2.45) is 0 Å². The molecule has 0 aliphatic heterocycles. The summed E-state index contributed by atoms with van der Waals surface area (Å²) in [6, 6.07) is 5.58. The molecule has 0 radical (unpaired) electrons. The molecule has 1 aromatic carbocycles. The molecule has 17 heavy (non-hydrogen) atoms. The highest BCUT2D eigenvalue weighted by atomic mass is 79.9. The number of aromatic carboxylic acids is 1. The Morgan fingerprint density at radius 1 is 1.47 bits per heavy atom. The summed E-state index contributed by atoms with van der Waals surface area (Å²) >= 11 is 3.35. The number of rotatable bonds is 2. The van der Waals surface area contributed by atoms with E-state index in [2.05, 4.69) is 21.0 Å². The minimum atomic E-state index is -1.26. The van der Waals surface area contributed by atoms with Crippen LogP contribution in [-0.4, -0.2) is 26.0 Å². The molecular weight excluding hydrogens is 288 g/mol. The zero-order valence-electron chi connectivity index (χ0n) is 8.88. The van der Waals surface area contributed by atoms with Crippen molar-refractivity contribution in [3.63, 3.8) is 0 Å². The van der Waals surface area contributed by atoms with E-state index in [4.69, 9.17) is 5.11 Å². The van der Waals surface area contributed by atoms with E-state index >= 15 is 0 Å². The van der Waals surface area contributed by atoms with Crippen LogP contribution in [0.3, 0.4) is 0 Å². The molecule has 2 rings (SSSR count). The molecule has 0 amide bonds. The van der Waals surface area contributed by atoms with E-state index in [-0.39, 0.29) is 11.4 Å². The molecule has 0 unspecified atom stereocenters. The fourth-order valence-corrected chi connectivity index (χ4v) is 1.87. The van der Waals surface area contributed by atoms with E-state index in [0.29, 0.717) is 5.69 Å². The molecule has 0 atom stereocenters. The first-order valence-electron chi connectivity index (χ1n) is 4.77. The molecule has 6 heteroatoms. The topological polar surface area (TPSA) is 75.4 Å². The van der Waals surface area contributed by atoms with Gasteiger partial charge in [0.2, 0.25) is 5.69 Å². The molecule has 0 spiro atoms. The van der Waals surface area contributed by atoms with Gasteiger partial charge in [0.05, 0.1) is 11.9 Å². The average molecular weight is 297 g/mol. The van der Waals surface area contributed by atoms with Gasteiger partial charge in [0, 0.05) is 4.47 Å². The van der Waals surface area contributed by atoms with Crippen molar-refractivity contribution in [2.45, 2.75) is 6.92 Å². The van der Waals surface area contributed by atoms with Crippen LogP contribution in [0.5, 0.6) is 5.75 Å². The molecule has 0 aliphatic rings. The maximum absolute atomic E-state index is 10.8. The van der Waals surface area contributed by atoms with E-state index in [1.54, 1.807) is 0 Å². The van der Waals surface area contributed by atoms with Gasteiger partial charge in [-0.05, 0) is 40.5 Å². The van der Waals surface area contributed by atoms with Crippen LogP contribution in [0, 0.1) is 6.92 Å². The lowest BCUT2D eigenvalue weighted by molar-refractivity contribution is 0.0687. The lowest BCUT2D eigenvalue weighted by Crippen LogP contribution is -2.01. The summed E-state index contributed by atoms with van der Waals surface area (Å²) in [6.07, 6.45) is 1.27. The first kappa shape index (κ1) is 11.7. The largest absolute Gasteiger partial charge is 0.504 e. The molecule has 0 saturated carbocycles. The Hall–Kier alpha value is -1.82. The normalized spacial score (nSPS) is 10.5. The number of hydrogen-bond donors (Lipinski definition) is 2. The van der Waals surface area contributed by atoms with Gasteiger partial charge < -0.3 is 10.2 Å². The maximum Gasteiger partial charge on any atom is 0.360 e. The van der Waals surface area contributed by atoms with Crippen molar-refractivity contribution in [3.05, 3.63) is 40.1 Å². The SMILES string of the molecule is Cc1ccc(Br)c(-n2cc(O)c(C(=O)O)n2)c1. The van der Waals surface area contributed by atoms with Gasteiger partial charge in [-0.3, -0.25) is 0 Å². The molecule has 2 aromatic rings. The molecule has 0 bridgehead atoms. The summed E-state index contributed by atoms with van der Waals surface area (Å²) in [5.41, 5.74) is 1.32. The number of carbonyl (C=O) groups is 1. The number of benzene rings is 1. The van der Waals surface area contributed by atoms with Gasteiger partial charge in [0.25, 0.3) is 0 Å². The Bertz CT molecular complexity index is 592. The number of hydrogen-bond acceptors (Lipinski definition) is 3. The van der Waals surface area contributed by atoms with Gasteiger partial charge in [-0.25, -0.2) is 9.48 Å². The van der Waals surface area contributed by atoms with Crippen LogP contribution in [0.1, 0.15) is 16.1 Å². The van der Waals surface area contributed by atoms with Gasteiger partial charge in [0.1, 0.15) is 0 Å². The highest BCUT2D eigenvalue weighted by Gasteiger charge is 2.16.